The maximum absolute atomic E-state index is 12.6. The van der Waals surface area contributed by atoms with Gasteiger partial charge in [0.2, 0.25) is 0 Å². The van der Waals surface area contributed by atoms with Crippen molar-refractivity contribution in [2.24, 2.45) is 0 Å². The molecule has 5 rings (SSSR count). The summed E-state index contributed by atoms with van der Waals surface area (Å²) in [6, 6.07) is 21.6. The summed E-state index contributed by atoms with van der Waals surface area (Å²) in [6.07, 6.45) is 1.10. The second-order valence-corrected chi connectivity index (χ2v) is 13.4. The highest BCUT2D eigenvalue weighted by Gasteiger charge is 2.16. The molecular formula is C36H37N5O4S2. The molecule has 0 aliphatic rings. The second-order valence-electron chi connectivity index (χ2n) is 11.2. The fourth-order valence-electron chi connectivity index (χ4n) is 5.20. The summed E-state index contributed by atoms with van der Waals surface area (Å²) in [4.78, 5) is 57.5. The van der Waals surface area contributed by atoms with E-state index in [4.69, 9.17) is 5.26 Å². The van der Waals surface area contributed by atoms with E-state index in [1.807, 2.05) is 71.9 Å². The van der Waals surface area contributed by atoms with Crippen LogP contribution >= 0.6 is 23.5 Å². The number of nitriles is 1. The van der Waals surface area contributed by atoms with Gasteiger partial charge in [0.1, 0.15) is 0 Å². The van der Waals surface area contributed by atoms with Crippen molar-refractivity contribution in [2.45, 2.75) is 80.8 Å². The first-order valence-electron chi connectivity index (χ1n) is 15.1. The van der Waals surface area contributed by atoms with Crippen molar-refractivity contribution >= 4 is 23.5 Å². The molecule has 0 aliphatic carbocycles. The molecule has 9 nitrogen and oxygen atoms in total. The highest BCUT2D eigenvalue weighted by atomic mass is 32.2. The minimum atomic E-state index is -0.464. The largest absolute Gasteiger partial charge is 0.329 e. The summed E-state index contributed by atoms with van der Waals surface area (Å²) in [5.74, 6) is 0. The molecule has 0 atom stereocenters. The van der Waals surface area contributed by atoms with Gasteiger partial charge in [-0.3, -0.25) is 24.1 Å². The van der Waals surface area contributed by atoms with Crippen molar-refractivity contribution in [3.8, 4) is 6.07 Å². The predicted molar refractivity (Wildman–Crippen MR) is 188 cm³/mol. The molecule has 5 aromatic rings. The van der Waals surface area contributed by atoms with Crippen LogP contribution in [-0.2, 0) is 19.4 Å². The lowest BCUT2D eigenvalue weighted by atomic mass is 10.1. The van der Waals surface area contributed by atoms with Gasteiger partial charge in [-0.1, -0.05) is 61.6 Å². The molecule has 2 aromatic heterocycles. The lowest BCUT2D eigenvalue weighted by molar-refractivity contribution is 0.634. The Kier molecular flexibility index (Phi) is 11.7. The van der Waals surface area contributed by atoms with Gasteiger partial charge in [-0.15, -0.1) is 0 Å². The van der Waals surface area contributed by atoms with Crippen LogP contribution in [0, 0.1) is 39.0 Å². The molecule has 47 heavy (non-hydrogen) atoms. The summed E-state index contributed by atoms with van der Waals surface area (Å²) in [5.41, 5.74) is 5.57. The number of nitrogens with one attached hydrogen (secondary N) is 3. The number of aromatic nitrogens is 4. The summed E-state index contributed by atoms with van der Waals surface area (Å²) in [5, 5.41) is 10.4. The van der Waals surface area contributed by atoms with Gasteiger partial charge in [-0.25, -0.2) is 9.59 Å². The van der Waals surface area contributed by atoms with E-state index >= 15 is 0 Å². The molecule has 0 aliphatic heterocycles. The zero-order valence-corrected chi connectivity index (χ0v) is 28.9. The van der Waals surface area contributed by atoms with Gasteiger partial charge in [0.25, 0.3) is 11.1 Å². The topological polar surface area (TPSA) is 144 Å². The minimum Gasteiger partial charge on any atom is -0.301 e. The van der Waals surface area contributed by atoms with Crippen LogP contribution in [-0.4, -0.2) is 19.5 Å². The Balaban J connectivity index is 0.000000229. The zero-order chi connectivity index (χ0) is 34.2. The average Bonchev–Trinajstić information content (AvgIpc) is 2.98. The van der Waals surface area contributed by atoms with Crippen molar-refractivity contribution < 1.29 is 0 Å². The molecule has 0 bridgehead atoms. The van der Waals surface area contributed by atoms with E-state index in [0.29, 0.717) is 39.6 Å². The molecule has 3 aromatic carbocycles. The Bertz CT molecular complexity index is 2170. The lowest BCUT2D eigenvalue weighted by Gasteiger charge is -2.16. The quantitative estimate of drug-likeness (QED) is 0.168. The Labute approximate surface area is 281 Å². The van der Waals surface area contributed by atoms with Crippen molar-refractivity contribution in [3.05, 3.63) is 147 Å². The molecule has 2 heterocycles. The first-order chi connectivity index (χ1) is 22.4. The number of aryl methyl sites for hydroxylation is 4. The molecule has 0 radical (unpaired) electrons. The number of hydrogen-bond acceptors (Lipinski definition) is 7. The van der Waals surface area contributed by atoms with Crippen molar-refractivity contribution in [2.75, 3.05) is 0 Å². The highest BCUT2D eigenvalue weighted by Crippen LogP contribution is 2.31. The van der Waals surface area contributed by atoms with E-state index in [-0.39, 0.29) is 17.7 Å². The van der Waals surface area contributed by atoms with Gasteiger partial charge in [0.05, 0.1) is 28.2 Å². The highest BCUT2D eigenvalue weighted by molar-refractivity contribution is 7.99. The maximum atomic E-state index is 12.6. The summed E-state index contributed by atoms with van der Waals surface area (Å²) in [7, 11) is 0. The van der Waals surface area contributed by atoms with E-state index in [1.54, 1.807) is 22.8 Å². The SMILES string of the molecule is CCc1c(Sc2cc(C)cc(C)c2)[nH]c(=O)[nH]c1=O.CCc1c(Sc2cc(C)cc(C)c2)n(Cc2cccc(C#N)c2)c(=O)[nH]c1=O. The number of aromatic amines is 3. The number of nitrogens with zero attached hydrogens (tertiary/aromatic N) is 2. The van der Waals surface area contributed by atoms with Crippen molar-refractivity contribution in [1.82, 2.24) is 19.5 Å². The van der Waals surface area contributed by atoms with E-state index in [2.05, 4.69) is 33.2 Å². The Hall–Kier alpha value is -4.79. The third-order valence-electron chi connectivity index (χ3n) is 7.17. The van der Waals surface area contributed by atoms with Crippen LogP contribution in [0.3, 0.4) is 0 Å². The van der Waals surface area contributed by atoms with Crippen LogP contribution in [0.1, 0.15) is 58.4 Å². The second kappa shape index (κ2) is 15.7. The first kappa shape index (κ1) is 35.1. The number of rotatable bonds is 8. The maximum Gasteiger partial charge on any atom is 0.329 e. The summed E-state index contributed by atoms with van der Waals surface area (Å²) < 4.78 is 1.58. The smallest absolute Gasteiger partial charge is 0.301 e. The summed E-state index contributed by atoms with van der Waals surface area (Å²) in [6.45, 7) is 12.2. The van der Waals surface area contributed by atoms with Crippen LogP contribution in [0.4, 0.5) is 0 Å². The van der Waals surface area contributed by atoms with Gasteiger partial charge in [-0.05, 0) is 105 Å². The van der Waals surface area contributed by atoms with Crippen molar-refractivity contribution in [1.29, 1.82) is 5.26 Å². The molecule has 0 saturated heterocycles. The monoisotopic (exact) mass is 667 g/mol. The average molecular weight is 668 g/mol. The van der Waals surface area contributed by atoms with Crippen LogP contribution in [0.25, 0.3) is 0 Å². The fraction of sp³-hybridized carbons (Fsp3) is 0.250. The van der Waals surface area contributed by atoms with E-state index < -0.39 is 11.4 Å². The third-order valence-corrected chi connectivity index (χ3v) is 9.33. The number of H-pyrrole nitrogens is 3. The Morgan fingerprint density at radius 2 is 1.26 bits per heavy atom. The molecule has 242 valence electrons. The Morgan fingerprint density at radius 1 is 0.702 bits per heavy atom. The number of benzene rings is 3. The zero-order valence-electron chi connectivity index (χ0n) is 27.2. The van der Waals surface area contributed by atoms with Gasteiger partial charge in [0, 0.05) is 20.9 Å². The molecule has 3 N–H and O–H groups in total. The van der Waals surface area contributed by atoms with Crippen LogP contribution in [0.2, 0.25) is 0 Å². The van der Waals surface area contributed by atoms with Gasteiger partial charge in [0.15, 0.2) is 0 Å². The Morgan fingerprint density at radius 3 is 1.81 bits per heavy atom. The molecular weight excluding hydrogens is 631 g/mol. The van der Waals surface area contributed by atoms with Crippen LogP contribution in [0.15, 0.2) is 99.7 Å². The van der Waals surface area contributed by atoms with E-state index in [9.17, 15) is 19.2 Å². The molecule has 11 heteroatoms. The molecule has 0 saturated carbocycles. The fourth-order valence-corrected chi connectivity index (χ4v) is 7.76. The first-order valence-corrected chi connectivity index (χ1v) is 16.8. The van der Waals surface area contributed by atoms with Crippen LogP contribution in [0.5, 0.6) is 0 Å². The number of hydrogen-bond donors (Lipinski definition) is 3. The standard InChI is InChI=1S/C22H21N3O2S.C14H16N2O2S/c1-4-19-20(26)24-22(27)25(13-17-7-5-6-16(11-17)12-23)21(19)28-18-9-14(2)8-15(3)10-18;1-4-11-12(17)15-14(18)16-13(11)19-10-6-8(2)5-9(3)7-10/h5-11H,4,13H2,1-3H3,(H,24,26,27);5-7H,4H2,1-3H3,(H2,15,16,17,18). The van der Waals surface area contributed by atoms with Gasteiger partial charge < -0.3 is 4.98 Å². The minimum absolute atomic E-state index is 0.283. The third kappa shape index (κ3) is 9.15. The molecule has 0 spiro atoms. The van der Waals surface area contributed by atoms with E-state index in [0.717, 1.165) is 37.6 Å². The normalized spacial score (nSPS) is 10.7. The molecule has 0 fully saturated rings. The van der Waals surface area contributed by atoms with Gasteiger partial charge >= 0.3 is 11.4 Å². The van der Waals surface area contributed by atoms with Crippen molar-refractivity contribution in [3.63, 3.8) is 0 Å². The predicted octanol–water partition coefficient (Wildman–Crippen LogP) is 6.18. The summed E-state index contributed by atoms with van der Waals surface area (Å²) >= 11 is 2.85. The van der Waals surface area contributed by atoms with Gasteiger partial charge in [-0.2, -0.15) is 5.26 Å². The van der Waals surface area contributed by atoms with Crippen LogP contribution < -0.4 is 22.5 Å². The molecule has 0 amide bonds. The lowest BCUT2D eigenvalue weighted by Crippen LogP contribution is -2.34. The van der Waals surface area contributed by atoms with E-state index in [1.165, 1.54) is 23.5 Å². The molecule has 0 unspecified atom stereocenters.